The number of rotatable bonds is 1. The highest BCUT2D eigenvalue weighted by Gasteiger charge is 2.35. The Morgan fingerprint density at radius 1 is 1.25 bits per heavy atom. The molecule has 0 aromatic heterocycles. The maximum atomic E-state index is 11.2. The molecule has 0 unspecified atom stereocenters. The number of nitrogens with zero attached hydrogens (tertiary/aromatic N) is 1. The molecule has 0 aromatic rings. The van der Waals surface area contributed by atoms with Crippen molar-refractivity contribution in [1.82, 2.24) is 10.2 Å². The van der Waals surface area contributed by atoms with Gasteiger partial charge in [-0.3, -0.25) is 14.5 Å². The number of imide groups is 1. The maximum Gasteiger partial charge on any atom is 0.229 e. The van der Waals surface area contributed by atoms with Gasteiger partial charge in [0.2, 0.25) is 11.8 Å². The molecule has 0 aliphatic carbocycles. The van der Waals surface area contributed by atoms with Gasteiger partial charge >= 0.3 is 0 Å². The lowest BCUT2D eigenvalue weighted by atomic mass is 10.2. The summed E-state index contributed by atoms with van der Waals surface area (Å²) in [6.45, 7) is 1.69. The molecule has 2 aliphatic rings. The van der Waals surface area contributed by atoms with Crippen molar-refractivity contribution in [3.8, 4) is 0 Å². The smallest absolute Gasteiger partial charge is 0.229 e. The van der Waals surface area contributed by atoms with Crippen molar-refractivity contribution in [1.29, 1.82) is 0 Å². The molecule has 0 bridgehead atoms. The average molecular weight is 168 g/mol. The van der Waals surface area contributed by atoms with Crippen LogP contribution in [0.2, 0.25) is 0 Å². The van der Waals surface area contributed by atoms with Crippen LogP contribution >= 0.6 is 0 Å². The van der Waals surface area contributed by atoms with Gasteiger partial charge in [0.05, 0.1) is 6.04 Å². The Morgan fingerprint density at radius 2 is 1.92 bits per heavy atom. The number of hydrogen-bond acceptors (Lipinski definition) is 3. The highest BCUT2D eigenvalue weighted by molar-refractivity contribution is 6.02. The molecule has 2 aliphatic heterocycles. The zero-order valence-corrected chi connectivity index (χ0v) is 6.88. The molecule has 0 aromatic carbocycles. The lowest BCUT2D eigenvalue weighted by Gasteiger charge is -2.20. The van der Waals surface area contributed by atoms with Crippen LogP contribution in [0, 0.1) is 0 Å². The molecular formula is C8H12N2O2. The number of carbonyl (C=O) groups is 2. The number of likely N-dealkylation sites (tertiary alicyclic amines) is 1. The van der Waals surface area contributed by atoms with Gasteiger partial charge in [0.25, 0.3) is 0 Å². The van der Waals surface area contributed by atoms with E-state index in [1.807, 2.05) is 0 Å². The molecular weight excluding hydrogens is 156 g/mol. The van der Waals surface area contributed by atoms with Crippen molar-refractivity contribution in [3.63, 3.8) is 0 Å². The number of amides is 2. The summed E-state index contributed by atoms with van der Waals surface area (Å²) in [6, 6.07) is 0.132. The lowest BCUT2D eigenvalue weighted by molar-refractivity contribution is -0.140. The van der Waals surface area contributed by atoms with Crippen LogP contribution in [0.1, 0.15) is 19.3 Å². The Balaban J connectivity index is 2.09. The van der Waals surface area contributed by atoms with Crippen LogP contribution in [0.5, 0.6) is 0 Å². The molecule has 2 amide bonds. The second-order valence-electron chi connectivity index (χ2n) is 3.30. The van der Waals surface area contributed by atoms with Crippen LogP contribution in [0.4, 0.5) is 0 Å². The summed E-state index contributed by atoms with van der Waals surface area (Å²) in [5.41, 5.74) is 0. The Bertz CT molecular complexity index is 205. The summed E-state index contributed by atoms with van der Waals surface area (Å²) in [5, 5.41) is 3.14. The first-order valence-corrected chi connectivity index (χ1v) is 4.34. The zero-order valence-electron chi connectivity index (χ0n) is 6.88. The third-order valence-electron chi connectivity index (χ3n) is 2.49. The fourth-order valence-electron chi connectivity index (χ4n) is 1.86. The van der Waals surface area contributed by atoms with Crippen LogP contribution in [0.25, 0.3) is 0 Å². The number of nitrogens with one attached hydrogen (secondary N) is 1. The summed E-state index contributed by atoms with van der Waals surface area (Å²) in [6.07, 6.45) is 1.74. The monoisotopic (exact) mass is 168 g/mol. The second kappa shape index (κ2) is 2.86. The molecule has 0 radical (unpaired) electrons. The molecule has 66 valence electrons. The summed E-state index contributed by atoms with van der Waals surface area (Å²) in [4.78, 5) is 23.9. The largest absolute Gasteiger partial charge is 0.315 e. The van der Waals surface area contributed by atoms with Gasteiger partial charge in [0, 0.05) is 19.4 Å². The van der Waals surface area contributed by atoms with E-state index in [-0.39, 0.29) is 17.9 Å². The van der Waals surface area contributed by atoms with Crippen molar-refractivity contribution < 1.29 is 9.59 Å². The SMILES string of the molecule is O=C1CCC(=O)N1[C@@H]1CCNC1. The van der Waals surface area contributed by atoms with Gasteiger partial charge in [0.1, 0.15) is 0 Å². The van der Waals surface area contributed by atoms with Crippen molar-refractivity contribution >= 4 is 11.8 Å². The van der Waals surface area contributed by atoms with E-state index in [0.29, 0.717) is 12.8 Å². The van der Waals surface area contributed by atoms with Crippen molar-refractivity contribution in [3.05, 3.63) is 0 Å². The Hall–Kier alpha value is -0.900. The predicted molar refractivity (Wildman–Crippen MR) is 42.4 cm³/mol. The zero-order chi connectivity index (χ0) is 8.55. The Labute approximate surface area is 70.9 Å². The normalized spacial score (nSPS) is 30.3. The molecule has 2 fully saturated rings. The molecule has 1 N–H and O–H groups in total. The van der Waals surface area contributed by atoms with Crippen LogP contribution in [0.3, 0.4) is 0 Å². The van der Waals surface area contributed by atoms with Crippen molar-refractivity contribution in [2.45, 2.75) is 25.3 Å². The Morgan fingerprint density at radius 3 is 2.42 bits per heavy atom. The highest BCUT2D eigenvalue weighted by Crippen LogP contribution is 2.18. The third kappa shape index (κ3) is 1.12. The second-order valence-corrected chi connectivity index (χ2v) is 3.30. The molecule has 2 rings (SSSR count). The molecule has 1 atom stereocenters. The highest BCUT2D eigenvalue weighted by atomic mass is 16.2. The van der Waals surface area contributed by atoms with E-state index in [9.17, 15) is 9.59 Å². The molecule has 2 heterocycles. The minimum atomic E-state index is 0.00806. The molecule has 12 heavy (non-hydrogen) atoms. The molecule has 0 spiro atoms. The van der Waals surface area contributed by atoms with Gasteiger partial charge in [-0.25, -0.2) is 0 Å². The topological polar surface area (TPSA) is 49.4 Å². The molecule has 4 heteroatoms. The van der Waals surface area contributed by atoms with Gasteiger partial charge in [-0.2, -0.15) is 0 Å². The summed E-state index contributed by atoms with van der Waals surface area (Å²) in [5.74, 6) is 0.0161. The fraction of sp³-hybridized carbons (Fsp3) is 0.750. The van der Waals surface area contributed by atoms with E-state index < -0.39 is 0 Å². The van der Waals surface area contributed by atoms with Crippen LogP contribution in [-0.2, 0) is 9.59 Å². The van der Waals surface area contributed by atoms with E-state index in [1.165, 1.54) is 4.90 Å². The standard InChI is InChI=1S/C8H12N2O2/c11-7-1-2-8(12)10(7)6-3-4-9-5-6/h6,9H,1-5H2/t6-/m1/s1. The number of carbonyl (C=O) groups excluding carboxylic acids is 2. The summed E-state index contributed by atoms with van der Waals surface area (Å²) >= 11 is 0. The molecule has 2 saturated heterocycles. The van der Waals surface area contributed by atoms with Gasteiger partial charge in [-0.05, 0) is 13.0 Å². The van der Waals surface area contributed by atoms with E-state index in [4.69, 9.17) is 0 Å². The van der Waals surface area contributed by atoms with Gasteiger partial charge in [0.15, 0.2) is 0 Å². The minimum Gasteiger partial charge on any atom is -0.315 e. The molecule has 0 saturated carbocycles. The predicted octanol–water partition coefficient (Wildman–Crippen LogP) is -0.503. The van der Waals surface area contributed by atoms with Gasteiger partial charge in [-0.15, -0.1) is 0 Å². The first-order valence-electron chi connectivity index (χ1n) is 4.34. The maximum absolute atomic E-state index is 11.2. The van der Waals surface area contributed by atoms with Gasteiger partial charge < -0.3 is 5.32 Å². The first kappa shape index (κ1) is 7.73. The van der Waals surface area contributed by atoms with E-state index in [2.05, 4.69) is 5.32 Å². The van der Waals surface area contributed by atoms with E-state index in [0.717, 1.165) is 19.5 Å². The van der Waals surface area contributed by atoms with Crippen molar-refractivity contribution in [2.75, 3.05) is 13.1 Å². The van der Waals surface area contributed by atoms with Crippen LogP contribution in [0.15, 0.2) is 0 Å². The quantitative estimate of drug-likeness (QED) is 0.537. The van der Waals surface area contributed by atoms with Crippen molar-refractivity contribution in [2.24, 2.45) is 0 Å². The average Bonchev–Trinajstić information content (AvgIpc) is 2.61. The minimum absolute atomic E-state index is 0.00806. The number of hydrogen-bond donors (Lipinski definition) is 1. The third-order valence-corrected chi connectivity index (χ3v) is 2.49. The van der Waals surface area contributed by atoms with Crippen LogP contribution in [-0.4, -0.2) is 35.8 Å². The van der Waals surface area contributed by atoms with E-state index >= 15 is 0 Å². The summed E-state index contributed by atoms with van der Waals surface area (Å²) in [7, 11) is 0. The van der Waals surface area contributed by atoms with Crippen LogP contribution < -0.4 is 5.32 Å². The first-order chi connectivity index (χ1) is 5.79. The lowest BCUT2D eigenvalue weighted by Crippen LogP contribution is -2.40. The van der Waals surface area contributed by atoms with Gasteiger partial charge in [-0.1, -0.05) is 0 Å². The Kier molecular flexibility index (Phi) is 1.84. The van der Waals surface area contributed by atoms with E-state index in [1.54, 1.807) is 0 Å². The molecule has 4 nitrogen and oxygen atoms in total. The summed E-state index contributed by atoms with van der Waals surface area (Å²) < 4.78 is 0. The fourth-order valence-corrected chi connectivity index (χ4v) is 1.86.